The first-order chi connectivity index (χ1) is 30.7. The molecule has 23 heteroatoms. The molecular formula is C40H69N3O20. The standard InChI is InChI=1S/C40H69N3O20/c44-35(3-8-43-37(46)1-2-38(43)47)41-7-14-55-20-26-61-32-29-58-23-17-52-11-4-36(45)42(9-15-56-21-27-62-33-30-59-24-18-53-12-5-39(48)49)10-16-57-22-28-63-34-31-60-25-19-54-13-6-40(50)51/h1-2H,3-34H2,(H,41,44)(H,48,49)(H,50,51). The van der Waals surface area contributed by atoms with Crippen LogP contribution in [0.5, 0.6) is 0 Å². The molecule has 1 heterocycles. The molecule has 364 valence electrons. The van der Waals surface area contributed by atoms with Gasteiger partial charge in [-0.25, -0.2) is 0 Å². The number of rotatable bonds is 48. The maximum Gasteiger partial charge on any atom is 0.305 e. The number of ether oxygens (including phenoxy) is 12. The quantitative estimate of drug-likeness (QED) is 0.0477. The topological polar surface area (TPSA) is 272 Å². The van der Waals surface area contributed by atoms with E-state index in [0.29, 0.717) is 145 Å². The summed E-state index contributed by atoms with van der Waals surface area (Å²) in [5, 5.41) is 19.8. The molecule has 1 aliphatic heterocycles. The van der Waals surface area contributed by atoms with Crippen LogP contribution in [0.15, 0.2) is 12.2 Å². The molecule has 0 atom stereocenters. The van der Waals surface area contributed by atoms with E-state index in [1.165, 1.54) is 12.2 Å². The van der Waals surface area contributed by atoms with Crippen molar-refractivity contribution < 1.29 is 95.8 Å². The van der Waals surface area contributed by atoms with Crippen molar-refractivity contribution in [2.75, 3.05) is 185 Å². The van der Waals surface area contributed by atoms with E-state index in [-0.39, 0.29) is 77.0 Å². The molecule has 0 aromatic rings. The summed E-state index contributed by atoms with van der Waals surface area (Å²) in [5.74, 6) is -3.07. The minimum atomic E-state index is -0.912. The van der Waals surface area contributed by atoms with Crippen molar-refractivity contribution >= 4 is 35.6 Å². The number of carboxylic acid groups (broad SMARTS) is 2. The highest BCUT2D eigenvalue weighted by Crippen LogP contribution is 2.04. The molecule has 0 aromatic carbocycles. The van der Waals surface area contributed by atoms with Crippen molar-refractivity contribution in [2.24, 2.45) is 0 Å². The van der Waals surface area contributed by atoms with Gasteiger partial charge in [0.05, 0.1) is 178 Å². The third-order valence-electron chi connectivity index (χ3n) is 8.12. The molecule has 0 aromatic heterocycles. The molecule has 0 spiro atoms. The maximum absolute atomic E-state index is 13.0. The van der Waals surface area contributed by atoms with Gasteiger partial charge in [0.25, 0.3) is 11.8 Å². The first-order valence-electron chi connectivity index (χ1n) is 21.1. The molecule has 63 heavy (non-hydrogen) atoms. The minimum absolute atomic E-state index is 0.0190. The highest BCUT2D eigenvalue weighted by atomic mass is 16.6. The Balaban J connectivity index is 2.13. The normalized spacial score (nSPS) is 12.4. The monoisotopic (exact) mass is 911 g/mol. The summed E-state index contributed by atoms with van der Waals surface area (Å²) >= 11 is 0. The van der Waals surface area contributed by atoms with Gasteiger partial charge in [0.15, 0.2) is 0 Å². The van der Waals surface area contributed by atoms with Crippen LogP contribution in [0.4, 0.5) is 0 Å². The number of carbonyl (C=O) groups excluding carboxylic acids is 4. The average molecular weight is 912 g/mol. The first kappa shape index (κ1) is 57.3. The number of hydrogen-bond donors (Lipinski definition) is 3. The number of aliphatic carboxylic acids is 2. The first-order valence-corrected chi connectivity index (χ1v) is 21.1. The van der Waals surface area contributed by atoms with Gasteiger partial charge < -0.3 is 77.3 Å². The van der Waals surface area contributed by atoms with Crippen LogP contribution in [-0.2, 0) is 85.6 Å². The zero-order valence-electron chi connectivity index (χ0n) is 36.4. The second-order valence-corrected chi connectivity index (χ2v) is 13.0. The Kier molecular flexibility index (Phi) is 38.4. The van der Waals surface area contributed by atoms with E-state index in [1.54, 1.807) is 4.90 Å². The lowest BCUT2D eigenvalue weighted by Crippen LogP contribution is -2.37. The lowest BCUT2D eigenvalue weighted by molar-refractivity contribution is -0.139. The fraction of sp³-hybridized carbons (Fsp3) is 0.800. The van der Waals surface area contributed by atoms with Crippen LogP contribution in [0.1, 0.15) is 25.7 Å². The van der Waals surface area contributed by atoms with Crippen LogP contribution >= 0.6 is 0 Å². The summed E-state index contributed by atoms with van der Waals surface area (Å²) in [6, 6.07) is 0. The Morgan fingerprint density at radius 1 is 0.429 bits per heavy atom. The van der Waals surface area contributed by atoms with E-state index in [9.17, 15) is 28.8 Å². The Labute approximate surface area is 368 Å². The molecule has 3 N–H and O–H groups in total. The zero-order valence-corrected chi connectivity index (χ0v) is 36.4. The molecule has 23 nitrogen and oxygen atoms in total. The summed E-state index contributed by atoms with van der Waals surface area (Å²) in [7, 11) is 0. The number of carbonyl (C=O) groups is 6. The molecule has 0 bridgehead atoms. The van der Waals surface area contributed by atoms with Crippen LogP contribution < -0.4 is 5.32 Å². The summed E-state index contributed by atoms with van der Waals surface area (Å²) in [5.41, 5.74) is 0. The van der Waals surface area contributed by atoms with Crippen LogP contribution in [-0.4, -0.2) is 240 Å². The van der Waals surface area contributed by atoms with Gasteiger partial charge in [-0.15, -0.1) is 0 Å². The van der Waals surface area contributed by atoms with E-state index in [4.69, 9.17) is 67.1 Å². The molecule has 0 unspecified atom stereocenters. The van der Waals surface area contributed by atoms with Crippen molar-refractivity contribution in [3.63, 3.8) is 0 Å². The minimum Gasteiger partial charge on any atom is -0.481 e. The predicted octanol–water partition coefficient (Wildman–Crippen LogP) is -1.21. The average Bonchev–Trinajstić information content (AvgIpc) is 3.58. The highest BCUT2D eigenvalue weighted by Gasteiger charge is 2.23. The van der Waals surface area contributed by atoms with Gasteiger partial charge in [0, 0.05) is 44.8 Å². The van der Waals surface area contributed by atoms with Gasteiger partial charge in [-0.3, -0.25) is 33.7 Å². The summed E-state index contributed by atoms with van der Waals surface area (Å²) in [4.78, 5) is 71.5. The van der Waals surface area contributed by atoms with Crippen LogP contribution in [0.25, 0.3) is 0 Å². The number of nitrogens with zero attached hydrogens (tertiary/aromatic N) is 2. The number of carboxylic acids is 2. The van der Waals surface area contributed by atoms with Crippen molar-refractivity contribution in [3.05, 3.63) is 12.2 Å². The third-order valence-corrected chi connectivity index (χ3v) is 8.12. The van der Waals surface area contributed by atoms with Crippen molar-refractivity contribution in [1.82, 2.24) is 15.1 Å². The number of nitrogens with one attached hydrogen (secondary N) is 1. The van der Waals surface area contributed by atoms with Crippen LogP contribution in [0.2, 0.25) is 0 Å². The largest absolute Gasteiger partial charge is 0.481 e. The van der Waals surface area contributed by atoms with Gasteiger partial charge in [-0.1, -0.05) is 0 Å². The van der Waals surface area contributed by atoms with Crippen LogP contribution in [0.3, 0.4) is 0 Å². The predicted molar refractivity (Wildman–Crippen MR) is 219 cm³/mol. The van der Waals surface area contributed by atoms with Gasteiger partial charge in [0.1, 0.15) is 0 Å². The zero-order chi connectivity index (χ0) is 45.9. The maximum atomic E-state index is 13.0. The van der Waals surface area contributed by atoms with Crippen molar-refractivity contribution in [3.8, 4) is 0 Å². The molecule has 0 radical (unpaired) electrons. The summed E-state index contributed by atoms with van der Waals surface area (Å²) < 4.78 is 65.3. The SMILES string of the molecule is O=C(O)CCOCCOCCOCCOCCN(CCOCCOCCOCCOCCC(=O)O)C(=O)CCOCCOCCOCCOCCNC(=O)CCN1C(=O)C=CC1=O. The molecule has 0 aliphatic carbocycles. The fourth-order valence-corrected chi connectivity index (χ4v) is 4.85. The van der Waals surface area contributed by atoms with Gasteiger partial charge in [0.2, 0.25) is 11.8 Å². The molecule has 0 saturated heterocycles. The van der Waals surface area contributed by atoms with Gasteiger partial charge >= 0.3 is 11.9 Å². The number of hydrogen-bond acceptors (Lipinski definition) is 18. The third kappa shape index (κ3) is 37.4. The molecule has 0 fully saturated rings. The van der Waals surface area contributed by atoms with E-state index in [1.807, 2.05) is 0 Å². The van der Waals surface area contributed by atoms with E-state index < -0.39 is 23.8 Å². The van der Waals surface area contributed by atoms with E-state index >= 15 is 0 Å². The molecular weight excluding hydrogens is 842 g/mol. The van der Waals surface area contributed by atoms with Crippen molar-refractivity contribution in [1.29, 1.82) is 0 Å². The Bertz CT molecular complexity index is 1180. The molecule has 0 saturated carbocycles. The van der Waals surface area contributed by atoms with E-state index in [2.05, 4.69) is 5.32 Å². The highest BCUT2D eigenvalue weighted by molar-refractivity contribution is 6.13. The lowest BCUT2D eigenvalue weighted by atomic mass is 10.3. The van der Waals surface area contributed by atoms with Crippen molar-refractivity contribution in [2.45, 2.75) is 25.7 Å². The smallest absolute Gasteiger partial charge is 0.305 e. The summed E-state index contributed by atoms with van der Waals surface area (Å²) in [6.45, 7) is 8.43. The lowest BCUT2D eigenvalue weighted by Gasteiger charge is -2.23. The van der Waals surface area contributed by atoms with Gasteiger partial charge in [-0.05, 0) is 0 Å². The molecule has 1 aliphatic rings. The molecule has 1 rings (SSSR count). The second kappa shape index (κ2) is 42.2. The van der Waals surface area contributed by atoms with E-state index in [0.717, 1.165) is 4.90 Å². The Morgan fingerprint density at radius 3 is 1.08 bits per heavy atom. The van der Waals surface area contributed by atoms with Gasteiger partial charge in [-0.2, -0.15) is 0 Å². The van der Waals surface area contributed by atoms with Crippen LogP contribution in [0, 0.1) is 0 Å². The molecule has 4 amide bonds. The number of amides is 4. The Hall–Kier alpha value is -3.72. The summed E-state index contributed by atoms with van der Waals surface area (Å²) in [6.07, 6.45) is 2.43. The second-order valence-electron chi connectivity index (χ2n) is 13.0. The number of imide groups is 1. The Morgan fingerprint density at radius 2 is 0.730 bits per heavy atom. The fourth-order valence-electron chi connectivity index (χ4n) is 4.85.